The molecule has 118 valence electrons. The first kappa shape index (κ1) is 14.9. The summed E-state index contributed by atoms with van der Waals surface area (Å²) in [7, 11) is 0. The number of rotatable bonds is 5. The molecule has 23 heavy (non-hydrogen) atoms. The molecule has 3 heteroatoms. The number of thiazole rings is 1. The molecule has 1 atom stereocenters. The van der Waals surface area contributed by atoms with Crippen LogP contribution >= 0.6 is 11.3 Å². The fourth-order valence-corrected chi connectivity index (χ4v) is 4.55. The molecule has 0 spiro atoms. The fourth-order valence-electron chi connectivity index (χ4n) is 3.45. The number of fused-ring (bicyclic) bond motifs is 1. The van der Waals surface area contributed by atoms with Gasteiger partial charge in [0.25, 0.3) is 0 Å². The molecule has 2 heterocycles. The van der Waals surface area contributed by atoms with E-state index in [1.165, 1.54) is 54.2 Å². The van der Waals surface area contributed by atoms with E-state index in [1.54, 1.807) is 0 Å². The Morgan fingerprint density at radius 1 is 1.04 bits per heavy atom. The fraction of sp³-hybridized carbons (Fsp3) is 0.350. The van der Waals surface area contributed by atoms with Crippen molar-refractivity contribution in [1.82, 2.24) is 9.88 Å². The van der Waals surface area contributed by atoms with E-state index in [0.29, 0.717) is 5.92 Å². The lowest BCUT2D eigenvalue weighted by Gasteiger charge is -2.15. The summed E-state index contributed by atoms with van der Waals surface area (Å²) < 4.78 is 1.32. The molecule has 0 unspecified atom stereocenters. The van der Waals surface area contributed by atoms with Crippen molar-refractivity contribution in [1.29, 1.82) is 0 Å². The molecule has 1 saturated heterocycles. The van der Waals surface area contributed by atoms with E-state index in [9.17, 15) is 0 Å². The van der Waals surface area contributed by atoms with Gasteiger partial charge in [-0.1, -0.05) is 42.5 Å². The molecule has 3 aromatic rings. The van der Waals surface area contributed by atoms with E-state index in [1.807, 2.05) is 11.3 Å². The van der Waals surface area contributed by atoms with Gasteiger partial charge in [-0.25, -0.2) is 4.98 Å². The van der Waals surface area contributed by atoms with E-state index >= 15 is 0 Å². The van der Waals surface area contributed by atoms with Crippen molar-refractivity contribution >= 4 is 21.6 Å². The molecule has 2 nitrogen and oxygen atoms in total. The van der Waals surface area contributed by atoms with E-state index < -0.39 is 0 Å². The Hall–Kier alpha value is -1.71. The van der Waals surface area contributed by atoms with Crippen LogP contribution in [0.3, 0.4) is 0 Å². The van der Waals surface area contributed by atoms with Gasteiger partial charge in [0.05, 0.1) is 15.2 Å². The van der Waals surface area contributed by atoms with Crippen molar-refractivity contribution in [3.05, 3.63) is 65.2 Å². The maximum atomic E-state index is 4.85. The third-order valence-electron chi connectivity index (χ3n) is 4.71. The number of hydrogen-bond acceptors (Lipinski definition) is 3. The van der Waals surface area contributed by atoms with Crippen LogP contribution < -0.4 is 0 Å². The Bertz CT molecular complexity index is 732. The Morgan fingerprint density at radius 2 is 1.87 bits per heavy atom. The predicted octanol–water partition coefficient (Wildman–Crippen LogP) is 4.72. The SMILES string of the molecule is c1ccc(CCCN2CC[C@H](c3nc4ccccc4s3)C2)cc1. The topological polar surface area (TPSA) is 16.1 Å². The molecule has 0 N–H and O–H groups in total. The van der Waals surface area contributed by atoms with E-state index in [4.69, 9.17) is 4.98 Å². The molecule has 2 aromatic carbocycles. The lowest BCUT2D eigenvalue weighted by molar-refractivity contribution is 0.329. The highest BCUT2D eigenvalue weighted by Crippen LogP contribution is 2.33. The van der Waals surface area contributed by atoms with Gasteiger partial charge >= 0.3 is 0 Å². The zero-order chi connectivity index (χ0) is 15.5. The summed E-state index contributed by atoms with van der Waals surface area (Å²) in [4.78, 5) is 7.46. The van der Waals surface area contributed by atoms with Crippen LogP contribution in [0.15, 0.2) is 54.6 Å². The Labute approximate surface area is 141 Å². The van der Waals surface area contributed by atoms with Crippen LogP contribution in [0, 0.1) is 0 Å². The van der Waals surface area contributed by atoms with Gasteiger partial charge in [-0.3, -0.25) is 0 Å². The average Bonchev–Trinajstić information content (AvgIpc) is 3.22. The third kappa shape index (κ3) is 3.46. The maximum absolute atomic E-state index is 4.85. The van der Waals surface area contributed by atoms with Crippen LogP contribution in [-0.4, -0.2) is 29.5 Å². The van der Waals surface area contributed by atoms with Crippen molar-refractivity contribution in [2.24, 2.45) is 0 Å². The molecule has 0 bridgehead atoms. The predicted molar refractivity (Wildman–Crippen MR) is 98.2 cm³/mol. The summed E-state index contributed by atoms with van der Waals surface area (Å²) >= 11 is 1.88. The third-order valence-corrected chi connectivity index (χ3v) is 5.91. The van der Waals surface area contributed by atoms with Crippen LogP contribution in [-0.2, 0) is 6.42 Å². The van der Waals surface area contributed by atoms with Gasteiger partial charge in [0.2, 0.25) is 0 Å². The molecule has 1 aliphatic rings. The second kappa shape index (κ2) is 6.81. The number of likely N-dealkylation sites (tertiary alicyclic amines) is 1. The zero-order valence-corrected chi connectivity index (χ0v) is 14.1. The van der Waals surface area contributed by atoms with Gasteiger partial charge in [0.1, 0.15) is 0 Å². The molecule has 1 fully saturated rings. The van der Waals surface area contributed by atoms with Gasteiger partial charge in [0.15, 0.2) is 0 Å². The zero-order valence-electron chi connectivity index (χ0n) is 13.3. The highest BCUT2D eigenvalue weighted by Gasteiger charge is 2.25. The number of hydrogen-bond donors (Lipinski definition) is 0. The molecular formula is C20H22N2S. The van der Waals surface area contributed by atoms with Crippen molar-refractivity contribution in [3.63, 3.8) is 0 Å². The number of benzene rings is 2. The normalized spacial score (nSPS) is 18.7. The first-order valence-corrected chi connectivity index (χ1v) is 9.32. The minimum atomic E-state index is 0.629. The summed E-state index contributed by atoms with van der Waals surface area (Å²) in [6, 6.07) is 19.3. The maximum Gasteiger partial charge on any atom is 0.0982 e. The molecular weight excluding hydrogens is 300 g/mol. The monoisotopic (exact) mass is 322 g/mol. The first-order valence-electron chi connectivity index (χ1n) is 8.50. The molecule has 0 radical (unpaired) electrons. The van der Waals surface area contributed by atoms with Crippen molar-refractivity contribution < 1.29 is 0 Å². The van der Waals surface area contributed by atoms with Crippen molar-refractivity contribution in [2.45, 2.75) is 25.2 Å². The summed E-state index contributed by atoms with van der Waals surface area (Å²) in [6.45, 7) is 3.60. The lowest BCUT2D eigenvalue weighted by Crippen LogP contribution is -2.22. The number of aromatic nitrogens is 1. The van der Waals surface area contributed by atoms with Crippen molar-refractivity contribution in [3.8, 4) is 0 Å². The summed E-state index contributed by atoms with van der Waals surface area (Å²) in [5, 5.41) is 1.33. The van der Waals surface area contributed by atoms with Gasteiger partial charge in [-0.15, -0.1) is 11.3 Å². The number of aryl methyl sites for hydroxylation is 1. The van der Waals surface area contributed by atoms with Gasteiger partial charge < -0.3 is 4.90 Å². The van der Waals surface area contributed by atoms with Gasteiger partial charge in [-0.05, 0) is 50.0 Å². The summed E-state index contributed by atoms with van der Waals surface area (Å²) in [6.07, 6.45) is 3.69. The molecule has 0 saturated carbocycles. The molecule has 1 aromatic heterocycles. The quantitative estimate of drug-likeness (QED) is 0.676. The number of para-hydroxylation sites is 1. The van der Waals surface area contributed by atoms with Gasteiger partial charge in [0, 0.05) is 12.5 Å². The second-order valence-electron chi connectivity index (χ2n) is 6.40. The molecule has 0 amide bonds. The minimum Gasteiger partial charge on any atom is -0.303 e. The highest BCUT2D eigenvalue weighted by molar-refractivity contribution is 7.18. The Kier molecular flexibility index (Phi) is 4.40. The Balaban J connectivity index is 1.32. The highest BCUT2D eigenvalue weighted by atomic mass is 32.1. The largest absolute Gasteiger partial charge is 0.303 e. The Morgan fingerprint density at radius 3 is 2.74 bits per heavy atom. The van der Waals surface area contributed by atoms with Crippen LogP contribution in [0.1, 0.15) is 29.3 Å². The van der Waals surface area contributed by atoms with Crippen LogP contribution in [0.25, 0.3) is 10.2 Å². The van der Waals surface area contributed by atoms with Crippen LogP contribution in [0.5, 0.6) is 0 Å². The molecule has 4 rings (SSSR count). The van der Waals surface area contributed by atoms with E-state index in [0.717, 1.165) is 5.52 Å². The lowest BCUT2D eigenvalue weighted by atomic mass is 10.1. The molecule has 0 aliphatic carbocycles. The smallest absolute Gasteiger partial charge is 0.0982 e. The van der Waals surface area contributed by atoms with Crippen LogP contribution in [0.4, 0.5) is 0 Å². The van der Waals surface area contributed by atoms with E-state index in [-0.39, 0.29) is 0 Å². The number of nitrogens with zero attached hydrogens (tertiary/aromatic N) is 2. The summed E-state index contributed by atoms with van der Waals surface area (Å²) in [5.74, 6) is 0.629. The second-order valence-corrected chi connectivity index (χ2v) is 7.46. The van der Waals surface area contributed by atoms with Crippen LogP contribution in [0.2, 0.25) is 0 Å². The van der Waals surface area contributed by atoms with E-state index in [2.05, 4.69) is 59.5 Å². The molecule has 1 aliphatic heterocycles. The summed E-state index contributed by atoms with van der Waals surface area (Å²) in [5.41, 5.74) is 2.62. The first-order chi connectivity index (χ1) is 11.4. The van der Waals surface area contributed by atoms with Crippen molar-refractivity contribution in [2.75, 3.05) is 19.6 Å². The van der Waals surface area contributed by atoms with Gasteiger partial charge in [-0.2, -0.15) is 0 Å². The standard InChI is InChI=1S/C20H22N2S/c1-2-7-16(8-3-1)9-6-13-22-14-12-17(15-22)20-21-18-10-4-5-11-19(18)23-20/h1-5,7-8,10-11,17H,6,9,12-15H2/t17-/m0/s1. The minimum absolute atomic E-state index is 0.629. The average molecular weight is 322 g/mol.